The molecule has 6 heterocycles. The standard InChI is InChI=1S/C36H62O31/c37-1-7-13(41)16(44)23(51)32(60-7)57-5-11-29(19(47)22(50)31(56)59-11)66-35-26(54)20(48)28(10(4-40)63-35)65-36-27(55)21(49)30(67-34-25(53)18(46)15(43)9(3-39)62-34)12(64-36)6-58-33-24(52)17(45)14(42)8(2-38)61-33/h7-56H,1-6H2/t7-,8-,9-,10-,11-,12-,13+,14+,15-,16+,17+,18+,19-,20-,21-,22+,23-,24-,25+,26+,27+,28-,29-,30-,31?,32+,33+,34+,35+,36+/m1/s1. The minimum absolute atomic E-state index is 0.795. The van der Waals surface area contributed by atoms with E-state index in [-0.39, 0.29) is 0 Å². The third-order valence-corrected chi connectivity index (χ3v) is 12.4. The molecule has 0 radical (unpaired) electrons. The summed E-state index contributed by atoms with van der Waals surface area (Å²) in [7, 11) is 0. The van der Waals surface area contributed by atoms with E-state index in [1.165, 1.54) is 0 Å². The maximum Gasteiger partial charge on any atom is 0.187 e. The average Bonchev–Trinajstić information content (AvgIpc) is 3.31. The van der Waals surface area contributed by atoms with Crippen LogP contribution >= 0.6 is 0 Å². The zero-order chi connectivity index (χ0) is 49.3. The van der Waals surface area contributed by atoms with Gasteiger partial charge in [-0.3, -0.25) is 0 Å². The number of hydrogen-bond donors (Lipinski definition) is 20. The van der Waals surface area contributed by atoms with Crippen molar-refractivity contribution in [3.63, 3.8) is 0 Å². The summed E-state index contributed by atoms with van der Waals surface area (Å²) >= 11 is 0. The van der Waals surface area contributed by atoms with Gasteiger partial charge in [0.25, 0.3) is 0 Å². The summed E-state index contributed by atoms with van der Waals surface area (Å²) in [6.07, 6.45) is -57.1. The summed E-state index contributed by atoms with van der Waals surface area (Å²) in [5.74, 6) is 0. The molecule has 1 unspecified atom stereocenters. The van der Waals surface area contributed by atoms with Crippen molar-refractivity contribution in [3.05, 3.63) is 0 Å². The molecule has 392 valence electrons. The first kappa shape index (κ1) is 55.1. The molecule has 0 aromatic rings. The van der Waals surface area contributed by atoms with Crippen LogP contribution in [-0.4, -0.2) is 326 Å². The topological polar surface area (TPSA) is 506 Å². The third-order valence-electron chi connectivity index (χ3n) is 12.4. The fraction of sp³-hybridized carbons (Fsp3) is 1.00. The van der Waals surface area contributed by atoms with Crippen molar-refractivity contribution in [2.24, 2.45) is 0 Å². The number of rotatable bonds is 16. The Kier molecular flexibility index (Phi) is 19.4. The molecule has 6 rings (SSSR count). The van der Waals surface area contributed by atoms with E-state index in [0.717, 1.165) is 0 Å². The molecule has 20 N–H and O–H groups in total. The number of ether oxygens (including phenoxy) is 11. The lowest BCUT2D eigenvalue weighted by Gasteiger charge is -2.49. The average molecular weight is 991 g/mol. The molecular formula is C36H62O31. The van der Waals surface area contributed by atoms with Crippen LogP contribution in [0.4, 0.5) is 0 Å². The van der Waals surface area contributed by atoms with E-state index < -0.39 is 224 Å². The zero-order valence-corrected chi connectivity index (χ0v) is 35.0. The van der Waals surface area contributed by atoms with Crippen LogP contribution in [-0.2, 0) is 52.1 Å². The van der Waals surface area contributed by atoms with Gasteiger partial charge in [0.2, 0.25) is 0 Å². The second kappa shape index (κ2) is 23.5. The lowest BCUT2D eigenvalue weighted by molar-refractivity contribution is -0.392. The Morgan fingerprint density at radius 2 is 0.522 bits per heavy atom. The molecular weight excluding hydrogens is 928 g/mol. The Morgan fingerprint density at radius 3 is 0.896 bits per heavy atom. The van der Waals surface area contributed by atoms with Crippen LogP contribution in [0.3, 0.4) is 0 Å². The molecule has 67 heavy (non-hydrogen) atoms. The van der Waals surface area contributed by atoms with Crippen LogP contribution in [0.25, 0.3) is 0 Å². The van der Waals surface area contributed by atoms with E-state index in [4.69, 9.17) is 52.1 Å². The lowest BCUT2D eigenvalue weighted by atomic mass is 9.95. The van der Waals surface area contributed by atoms with Crippen LogP contribution in [0.1, 0.15) is 0 Å². The predicted octanol–water partition coefficient (Wildman–Crippen LogP) is -14.1. The zero-order valence-electron chi connectivity index (χ0n) is 35.0. The van der Waals surface area contributed by atoms with Gasteiger partial charge in [0.1, 0.15) is 146 Å². The van der Waals surface area contributed by atoms with E-state index in [0.29, 0.717) is 0 Å². The molecule has 6 aliphatic rings. The van der Waals surface area contributed by atoms with Crippen LogP contribution in [0, 0.1) is 0 Å². The monoisotopic (exact) mass is 990 g/mol. The van der Waals surface area contributed by atoms with Crippen molar-refractivity contribution in [2.45, 2.75) is 184 Å². The molecule has 0 aliphatic carbocycles. The molecule has 31 heteroatoms. The fourth-order valence-electron chi connectivity index (χ4n) is 8.31. The fourth-order valence-corrected chi connectivity index (χ4v) is 8.31. The summed E-state index contributed by atoms with van der Waals surface area (Å²) in [6, 6.07) is 0. The molecule has 0 aromatic carbocycles. The molecule has 0 aromatic heterocycles. The van der Waals surface area contributed by atoms with Gasteiger partial charge in [0, 0.05) is 0 Å². The van der Waals surface area contributed by atoms with Gasteiger partial charge < -0.3 is 154 Å². The highest BCUT2D eigenvalue weighted by Crippen LogP contribution is 2.35. The SMILES string of the molecule is OC[C@H]1O[C@H](OC[C@H]2O[C@@H](O[C@H]3[C@H](O)[C@H](O)[C@H](O[C@H]4[C@H](O)[C@H](O)C(O)O[C@@H]4CO[C@H]4O[C@H](CO)[C@H](O)[C@H](O)[C@H]4O)O[C@@H]3CO)[C@@H](O)[C@@H](O)[C@@H]2O[C@@H]2O[C@H](CO)[C@@H](O)[C@H](O)[C@@H]2O)[C@H](O)[C@@H](O)[C@H]1O. The second-order valence-corrected chi connectivity index (χ2v) is 16.8. The van der Waals surface area contributed by atoms with Crippen molar-refractivity contribution in [1.29, 1.82) is 0 Å². The minimum atomic E-state index is -2.23. The summed E-state index contributed by atoms with van der Waals surface area (Å²) < 4.78 is 61.0. The highest BCUT2D eigenvalue weighted by Gasteiger charge is 2.56. The van der Waals surface area contributed by atoms with E-state index >= 15 is 0 Å². The molecule has 6 fully saturated rings. The predicted molar refractivity (Wildman–Crippen MR) is 199 cm³/mol. The highest BCUT2D eigenvalue weighted by atomic mass is 16.8. The van der Waals surface area contributed by atoms with Gasteiger partial charge in [-0.2, -0.15) is 0 Å². The maximum atomic E-state index is 11.4. The lowest BCUT2D eigenvalue weighted by Crippen LogP contribution is -2.67. The van der Waals surface area contributed by atoms with Gasteiger partial charge in [0.15, 0.2) is 37.7 Å². The first-order chi connectivity index (χ1) is 31.7. The summed E-state index contributed by atoms with van der Waals surface area (Å²) in [5.41, 5.74) is 0. The normalized spacial score (nSPS) is 53.4. The van der Waals surface area contributed by atoms with E-state index in [9.17, 15) is 102 Å². The molecule has 30 atom stereocenters. The number of aliphatic hydroxyl groups is 20. The molecule has 6 aliphatic heterocycles. The number of hydrogen-bond acceptors (Lipinski definition) is 31. The molecule has 0 spiro atoms. The van der Waals surface area contributed by atoms with Gasteiger partial charge >= 0.3 is 0 Å². The van der Waals surface area contributed by atoms with Crippen molar-refractivity contribution in [1.82, 2.24) is 0 Å². The Hall–Kier alpha value is -1.24. The number of aliphatic hydroxyl groups excluding tert-OH is 20. The highest BCUT2D eigenvalue weighted by molar-refractivity contribution is 4.99. The molecule has 6 saturated heterocycles. The molecule has 0 saturated carbocycles. The van der Waals surface area contributed by atoms with Crippen molar-refractivity contribution in [2.75, 3.05) is 39.6 Å². The van der Waals surface area contributed by atoms with E-state index in [2.05, 4.69) is 0 Å². The molecule has 0 bridgehead atoms. The van der Waals surface area contributed by atoms with E-state index in [1.807, 2.05) is 0 Å². The maximum absolute atomic E-state index is 11.4. The van der Waals surface area contributed by atoms with Crippen LogP contribution in [0.5, 0.6) is 0 Å². The Morgan fingerprint density at radius 1 is 0.254 bits per heavy atom. The van der Waals surface area contributed by atoms with Crippen LogP contribution < -0.4 is 0 Å². The summed E-state index contributed by atoms with van der Waals surface area (Å²) in [5, 5.41) is 209. The Bertz CT molecular complexity index is 1500. The molecule has 0 amide bonds. The van der Waals surface area contributed by atoms with Gasteiger partial charge in [-0.05, 0) is 0 Å². The first-order valence-corrected chi connectivity index (χ1v) is 21.1. The van der Waals surface area contributed by atoms with Crippen LogP contribution in [0.2, 0.25) is 0 Å². The van der Waals surface area contributed by atoms with E-state index in [1.54, 1.807) is 0 Å². The minimum Gasteiger partial charge on any atom is -0.394 e. The van der Waals surface area contributed by atoms with Gasteiger partial charge in [-0.1, -0.05) is 0 Å². The van der Waals surface area contributed by atoms with Gasteiger partial charge in [-0.15, -0.1) is 0 Å². The van der Waals surface area contributed by atoms with Crippen molar-refractivity contribution in [3.8, 4) is 0 Å². The van der Waals surface area contributed by atoms with Crippen molar-refractivity contribution >= 4 is 0 Å². The van der Waals surface area contributed by atoms with Crippen LogP contribution in [0.15, 0.2) is 0 Å². The second-order valence-electron chi connectivity index (χ2n) is 16.8. The summed E-state index contributed by atoms with van der Waals surface area (Å²) in [4.78, 5) is 0. The first-order valence-electron chi connectivity index (χ1n) is 21.1. The smallest absolute Gasteiger partial charge is 0.187 e. The molecule has 31 nitrogen and oxygen atoms in total. The Labute approximate surface area is 378 Å². The quantitative estimate of drug-likeness (QED) is 0.0683. The summed E-state index contributed by atoms with van der Waals surface area (Å²) in [6.45, 7) is -5.31. The van der Waals surface area contributed by atoms with Gasteiger partial charge in [-0.25, -0.2) is 0 Å². The van der Waals surface area contributed by atoms with Gasteiger partial charge in [0.05, 0.1) is 39.6 Å². The van der Waals surface area contributed by atoms with Crippen molar-refractivity contribution < 1.29 is 154 Å². The third kappa shape index (κ3) is 11.5. The Balaban J connectivity index is 1.17. The largest absolute Gasteiger partial charge is 0.394 e.